The maximum atomic E-state index is 13.2. The molecule has 0 aliphatic carbocycles. The lowest BCUT2D eigenvalue weighted by Crippen LogP contribution is -2.46. The topological polar surface area (TPSA) is 57.7 Å². The van der Waals surface area contributed by atoms with Gasteiger partial charge in [-0.15, -0.1) is 0 Å². The molecule has 0 N–H and O–H groups in total. The number of piperidine rings is 1. The minimum absolute atomic E-state index is 0.130. The van der Waals surface area contributed by atoms with E-state index in [1.54, 1.807) is 23.1 Å². The van der Waals surface area contributed by atoms with Gasteiger partial charge in [-0.05, 0) is 30.9 Å². The monoisotopic (exact) mass is 370 g/mol. The van der Waals surface area contributed by atoms with Crippen molar-refractivity contribution >= 4 is 21.6 Å². The SMILES string of the molecule is CC1CCN(C(=O)CN2c3ccccc3-c3ccccc3S2(=O)=O)CC1. The molecule has 2 aliphatic rings. The summed E-state index contributed by atoms with van der Waals surface area (Å²) in [4.78, 5) is 14.9. The van der Waals surface area contributed by atoms with Gasteiger partial charge in [0.1, 0.15) is 6.54 Å². The van der Waals surface area contributed by atoms with E-state index in [1.165, 1.54) is 4.31 Å². The average Bonchev–Trinajstić information content (AvgIpc) is 2.66. The van der Waals surface area contributed by atoms with Gasteiger partial charge in [-0.25, -0.2) is 8.42 Å². The number of carbonyl (C=O) groups is 1. The lowest BCUT2D eigenvalue weighted by Gasteiger charge is -2.35. The van der Waals surface area contributed by atoms with Crippen molar-refractivity contribution < 1.29 is 13.2 Å². The van der Waals surface area contributed by atoms with Crippen molar-refractivity contribution in [2.24, 2.45) is 5.92 Å². The number of hydrogen-bond donors (Lipinski definition) is 0. The second kappa shape index (κ2) is 6.43. The lowest BCUT2D eigenvalue weighted by atomic mass is 9.99. The first kappa shape index (κ1) is 17.1. The van der Waals surface area contributed by atoms with Crippen molar-refractivity contribution in [2.75, 3.05) is 23.9 Å². The van der Waals surface area contributed by atoms with Gasteiger partial charge in [-0.2, -0.15) is 0 Å². The van der Waals surface area contributed by atoms with E-state index in [4.69, 9.17) is 0 Å². The quantitative estimate of drug-likeness (QED) is 0.816. The molecular formula is C20H22N2O3S. The van der Waals surface area contributed by atoms with Crippen LogP contribution in [0.2, 0.25) is 0 Å². The molecule has 0 aromatic heterocycles. The zero-order chi connectivity index (χ0) is 18.3. The molecule has 5 nitrogen and oxygen atoms in total. The van der Waals surface area contributed by atoms with Gasteiger partial charge in [0.25, 0.3) is 10.0 Å². The number of nitrogens with zero attached hydrogens (tertiary/aromatic N) is 2. The number of fused-ring (bicyclic) bond motifs is 3. The highest BCUT2D eigenvalue weighted by Gasteiger charge is 2.36. The van der Waals surface area contributed by atoms with Crippen molar-refractivity contribution in [3.8, 4) is 11.1 Å². The van der Waals surface area contributed by atoms with Crippen LogP contribution in [0.5, 0.6) is 0 Å². The summed E-state index contributed by atoms with van der Waals surface area (Å²) in [7, 11) is -3.75. The molecular weight excluding hydrogens is 348 g/mol. The maximum absolute atomic E-state index is 13.2. The first-order chi connectivity index (χ1) is 12.5. The third kappa shape index (κ3) is 2.78. The van der Waals surface area contributed by atoms with E-state index in [-0.39, 0.29) is 17.3 Å². The van der Waals surface area contributed by atoms with Gasteiger partial charge in [0.15, 0.2) is 0 Å². The number of likely N-dealkylation sites (tertiary alicyclic amines) is 1. The van der Waals surface area contributed by atoms with Crippen LogP contribution in [0.25, 0.3) is 11.1 Å². The minimum Gasteiger partial charge on any atom is -0.341 e. The van der Waals surface area contributed by atoms with E-state index in [0.29, 0.717) is 30.3 Å². The zero-order valence-electron chi connectivity index (χ0n) is 14.8. The Labute approximate surface area is 154 Å². The molecule has 0 radical (unpaired) electrons. The number of amides is 1. The summed E-state index contributed by atoms with van der Waals surface area (Å²) in [6.07, 6.45) is 1.94. The molecule has 6 heteroatoms. The molecule has 0 spiro atoms. The van der Waals surface area contributed by atoms with Crippen LogP contribution in [-0.4, -0.2) is 38.9 Å². The Bertz CT molecular complexity index is 947. The summed E-state index contributed by atoms with van der Waals surface area (Å²) in [5.41, 5.74) is 2.11. The Balaban J connectivity index is 1.71. The second-order valence-corrected chi connectivity index (χ2v) is 8.92. The number of carbonyl (C=O) groups excluding carboxylic acids is 1. The van der Waals surface area contributed by atoms with E-state index in [0.717, 1.165) is 18.4 Å². The summed E-state index contributed by atoms with van der Waals surface area (Å²) >= 11 is 0. The third-order valence-electron chi connectivity index (χ3n) is 5.33. The predicted octanol–water partition coefficient (Wildman–Crippen LogP) is 3.12. The molecule has 2 heterocycles. The first-order valence-electron chi connectivity index (χ1n) is 8.97. The number of anilines is 1. The van der Waals surface area contributed by atoms with E-state index >= 15 is 0 Å². The van der Waals surface area contributed by atoms with Crippen LogP contribution in [0.3, 0.4) is 0 Å². The molecule has 0 unspecified atom stereocenters. The van der Waals surface area contributed by atoms with Gasteiger partial charge in [0.05, 0.1) is 10.6 Å². The molecule has 2 aliphatic heterocycles. The summed E-state index contributed by atoms with van der Waals surface area (Å²) < 4.78 is 27.7. The van der Waals surface area contributed by atoms with Crippen molar-refractivity contribution in [2.45, 2.75) is 24.7 Å². The number of para-hydroxylation sites is 1. The van der Waals surface area contributed by atoms with Crippen LogP contribution in [-0.2, 0) is 14.8 Å². The minimum atomic E-state index is -3.75. The molecule has 1 fully saturated rings. The van der Waals surface area contributed by atoms with Crippen LogP contribution in [0.1, 0.15) is 19.8 Å². The molecule has 136 valence electrons. The van der Waals surface area contributed by atoms with Crippen molar-refractivity contribution in [3.05, 3.63) is 48.5 Å². The predicted molar refractivity (Wildman–Crippen MR) is 101 cm³/mol. The Morgan fingerprint density at radius 1 is 1.00 bits per heavy atom. The van der Waals surface area contributed by atoms with Crippen molar-refractivity contribution in [1.29, 1.82) is 0 Å². The van der Waals surface area contributed by atoms with Crippen molar-refractivity contribution in [3.63, 3.8) is 0 Å². The largest absolute Gasteiger partial charge is 0.341 e. The van der Waals surface area contributed by atoms with Gasteiger partial charge in [-0.3, -0.25) is 9.10 Å². The Morgan fingerprint density at radius 2 is 1.62 bits per heavy atom. The molecule has 1 saturated heterocycles. The summed E-state index contributed by atoms with van der Waals surface area (Å²) in [6, 6.07) is 14.4. The van der Waals surface area contributed by atoms with Gasteiger partial charge in [-0.1, -0.05) is 43.3 Å². The van der Waals surface area contributed by atoms with Crippen LogP contribution >= 0.6 is 0 Å². The third-order valence-corrected chi connectivity index (χ3v) is 7.15. The van der Waals surface area contributed by atoms with Gasteiger partial charge in [0, 0.05) is 24.2 Å². The van der Waals surface area contributed by atoms with E-state index < -0.39 is 10.0 Å². The summed E-state index contributed by atoms with van der Waals surface area (Å²) in [5, 5.41) is 0. The zero-order valence-corrected chi connectivity index (χ0v) is 15.6. The maximum Gasteiger partial charge on any atom is 0.265 e. The molecule has 0 saturated carbocycles. The molecule has 1 amide bonds. The Kier molecular flexibility index (Phi) is 4.23. The summed E-state index contributed by atoms with van der Waals surface area (Å²) in [6.45, 7) is 3.43. The number of sulfonamides is 1. The highest BCUT2D eigenvalue weighted by molar-refractivity contribution is 7.93. The Morgan fingerprint density at radius 3 is 2.35 bits per heavy atom. The van der Waals surface area contributed by atoms with Crippen LogP contribution in [0.15, 0.2) is 53.4 Å². The van der Waals surface area contributed by atoms with Crippen LogP contribution < -0.4 is 4.31 Å². The Hall–Kier alpha value is -2.34. The number of benzene rings is 2. The fourth-order valence-electron chi connectivity index (χ4n) is 3.73. The standard InChI is InChI=1S/C20H22N2O3S/c1-15-10-12-21(13-11-15)20(23)14-22-18-8-4-2-6-16(18)17-7-3-5-9-19(17)26(22,24)25/h2-9,15H,10-14H2,1H3. The molecule has 0 bridgehead atoms. The second-order valence-electron chi connectivity index (χ2n) is 7.09. The van der Waals surface area contributed by atoms with Crippen molar-refractivity contribution in [1.82, 2.24) is 4.90 Å². The highest BCUT2D eigenvalue weighted by Crippen LogP contribution is 2.42. The lowest BCUT2D eigenvalue weighted by molar-refractivity contribution is -0.130. The number of hydrogen-bond acceptors (Lipinski definition) is 3. The van der Waals surface area contributed by atoms with Gasteiger partial charge < -0.3 is 4.90 Å². The molecule has 26 heavy (non-hydrogen) atoms. The molecule has 2 aromatic carbocycles. The smallest absolute Gasteiger partial charge is 0.265 e. The molecule has 2 aromatic rings. The average molecular weight is 370 g/mol. The van der Waals surface area contributed by atoms with Gasteiger partial charge >= 0.3 is 0 Å². The summed E-state index contributed by atoms with van der Waals surface area (Å²) in [5.74, 6) is 0.486. The fraction of sp³-hybridized carbons (Fsp3) is 0.350. The first-order valence-corrected chi connectivity index (χ1v) is 10.4. The fourth-order valence-corrected chi connectivity index (χ4v) is 5.37. The van der Waals surface area contributed by atoms with E-state index in [9.17, 15) is 13.2 Å². The normalized spacial score (nSPS) is 19.0. The van der Waals surface area contributed by atoms with Crippen LogP contribution in [0, 0.1) is 5.92 Å². The van der Waals surface area contributed by atoms with Gasteiger partial charge in [0.2, 0.25) is 5.91 Å². The van der Waals surface area contributed by atoms with E-state index in [2.05, 4.69) is 6.92 Å². The molecule has 0 atom stereocenters. The molecule has 4 rings (SSSR count). The van der Waals surface area contributed by atoms with Crippen LogP contribution in [0.4, 0.5) is 5.69 Å². The highest BCUT2D eigenvalue weighted by atomic mass is 32.2. The van der Waals surface area contributed by atoms with E-state index in [1.807, 2.05) is 30.3 Å². The number of rotatable bonds is 2.